The fourth-order valence-electron chi connectivity index (χ4n) is 2.28. The molecule has 0 spiro atoms. The normalized spacial score (nSPS) is 10.7. The van der Waals surface area contributed by atoms with E-state index >= 15 is 0 Å². The minimum absolute atomic E-state index is 0.238. The summed E-state index contributed by atoms with van der Waals surface area (Å²) in [6.45, 7) is 4.22. The maximum Gasteiger partial charge on any atom is 0.331 e. The quantitative estimate of drug-likeness (QED) is 0.598. The van der Waals surface area contributed by atoms with Crippen molar-refractivity contribution in [2.24, 2.45) is 0 Å². The van der Waals surface area contributed by atoms with E-state index < -0.39 is 5.97 Å². The monoisotopic (exact) mass is 337 g/mol. The molecule has 0 saturated heterocycles. The van der Waals surface area contributed by atoms with Gasteiger partial charge in [-0.3, -0.25) is 4.79 Å². The first-order chi connectivity index (χ1) is 11.9. The summed E-state index contributed by atoms with van der Waals surface area (Å²) in [6, 6.07) is 15.7. The molecule has 0 atom stereocenters. The number of likely N-dealkylation sites (N-methyl/N-ethyl adjacent to an activating group) is 1. The lowest BCUT2D eigenvalue weighted by Crippen LogP contribution is -2.30. The molecule has 1 amide bonds. The molecule has 4 nitrogen and oxygen atoms in total. The largest absolute Gasteiger partial charge is 0.452 e. The second kappa shape index (κ2) is 8.83. The number of esters is 1. The molecule has 25 heavy (non-hydrogen) atoms. The predicted molar refractivity (Wildman–Crippen MR) is 98.8 cm³/mol. The van der Waals surface area contributed by atoms with Gasteiger partial charge in [0.15, 0.2) is 6.61 Å². The summed E-state index contributed by atoms with van der Waals surface area (Å²) in [6.07, 6.45) is 3.01. The smallest absolute Gasteiger partial charge is 0.331 e. The highest BCUT2D eigenvalue weighted by Gasteiger charge is 2.11. The van der Waals surface area contributed by atoms with E-state index in [1.807, 2.05) is 62.4 Å². The van der Waals surface area contributed by atoms with Gasteiger partial charge in [-0.05, 0) is 31.1 Å². The number of carbonyl (C=O) groups is 2. The van der Waals surface area contributed by atoms with Crippen LogP contribution in [0, 0.1) is 13.8 Å². The van der Waals surface area contributed by atoms with Crippen molar-refractivity contribution >= 4 is 18.0 Å². The number of hydrogen-bond donors (Lipinski definition) is 0. The molecule has 4 heteroatoms. The van der Waals surface area contributed by atoms with Gasteiger partial charge in [0.05, 0.1) is 0 Å². The van der Waals surface area contributed by atoms with Crippen molar-refractivity contribution in [3.63, 3.8) is 0 Å². The van der Waals surface area contributed by atoms with Crippen LogP contribution in [-0.2, 0) is 20.9 Å². The Morgan fingerprint density at radius 3 is 2.44 bits per heavy atom. The summed E-state index contributed by atoms with van der Waals surface area (Å²) in [7, 11) is 1.69. The second-order valence-corrected chi connectivity index (χ2v) is 6.09. The third-order valence-electron chi connectivity index (χ3n) is 3.76. The van der Waals surface area contributed by atoms with Crippen LogP contribution in [-0.4, -0.2) is 30.4 Å². The maximum atomic E-state index is 12.1. The molecule has 130 valence electrons. The van der Waals surface area contributed by atoms with Crippen molar-refractivity contribution in [1.82, 2.24) is 4.90 Å². The first kappa shape index (κ1) is 18.5. The van der Waals surface area contributed by atoms with Gasteiger partial charge in [-0.25, -0.2) is 4.79 Å². The van der Waals surface area contributed by atoms with Crippen molar-refractivity contribution < 1.29 is 14.3 Å². The summed E-state index contributed by atoms with van der Waals surface area (Å²) in [5.74, 6) is -0.767. The fourth-order valence-corrected chi connectivity index (χ4v) is 2.28. The molecule has 0 aromatic heterocycles. The van der Waals surface area contributed by atoms with Gasteiger partial charge in [0.2, 0.25) is 0 Å². The Kier molecular flexibility index (Phi) is 6.52. The molecular weight excluding hydrogens is 314 g/mol. The van der Waals surface area contributed by atoms with Crippen molar-refractivity contribution in [2.45, 2.75) is 20.4 Å². The lowest BCUT2D eigenvalue weighted by Gasteiger charge is -2.17. The van der Waals surface area contributed by atoms with E-state index in [-0.39, 0.29) is 12.5 Å². The average molecular weight is 337 g/mol. The molecule has 0 bridgehead atoms. The third kappa shape index (κ3) is 6.26. The van der Waals surface area contributed by atoms with Gasteiger partial charge < -0.3 is 9.64 Å². The second-order valence-electron chi connectivity index (χ2n) is 6.09. The highest BCUT2D eigenvalue weighted by Crippen LogP contribution is 2.07. The Bertz CT molecular complexity index is 763. The van der Waals surface area contributed by atoms with Crippen LogP contribution in [0.5, 0.6) is 0 Å². The summed E-state index contributed by atoms with van der Waals surface area (Å²) in [5.41, 5.74) is 4.24. The number of benzene rings is 2. The van der Waals surface area contributed by atoms with Crippen LogP contribution in [0.4, 0.5) is 0 Å². The highest BCUT2D eigenvalue weighted by molar-refractivity contribution is 5.89. The fraction of sp³-hybridized carbons (Fsp3) is 0.238. The lowest BCUT2D eigenvalue weighted by molar-refractivity contribution is -0.147. The number of carbonyl (C=O) groups excluding carboxylic acids is 2. The van der Waals surface area contributed by atoms with E-state index in [9.17, 15) is 9.59 Å². The van der Waals surface area contributed by atoms with Gasteiger partial charge in [-0.15, -0.1) is 0 Å². The standard InChI is InChI=1S/C21H23NO3/c1-16-7-9-19(10-8-16)14-22(3)20(23)15-25-21(24)12-11-18-6-4-5-17(2)13-18/h4-13H,14-15H2,1-3H3/b12-11+. The lowest BCUT2D eigenvalue weighted by atomic mass is 10.1. The van der Waals surface area contributed by atoms with Gasteiger partial charge in [-0.1, -0.05) is 59.7 Å². The molecule has 0 radical (unpaired) electrons. The van der Waals surface area contributed by atoms with Crippen molar-refractivity contribution in [1.29, 1.82) is 0 Å². The Morgan fingerprint density at radius 2 is 1.76 bits per heavy atom. The molecule has 0 saturated carbocycles. The van der Waals surface area contributed by atoms with Gasteiger partial charge in [0, 0.05) is 19.7 Å². The highest BCUT2D eigenvalue weighted by atomic mass is 16.5. The number of hydrogen-bond acceptors (Lipinski definition) is 3. The molecule has 2 rings (SSSR count). The van der Waals surface area contributed by atoms with Crippen LogP contribution in [0.1, 0.15) is 22.3 Å². The molecule has 0 heterocycles. The van der Waals surface area contributed by atoms with Crippen molar-refractivity contribution in [3.8, 4) is 0 Å². The molecule has 0 aliphatic heterocycles. The van der Waals surface area contributed by atoms with Gasteiger partial charge in [-0.2, -0.15) is 0 Å². The van der Waals surface area contributed by atoms with E-state index in [0.29, 0.717) is 6.54 Å². The Hall–Kier alpha value is -2.88. The van der Waals surface area contributed by atoms with Crippen LogP contribution >= 0.6 is 0 Å². The summed E-state index contributed by atoms with van der Waals surface area (Å²) < 4.78 is 5.02. The van der Waals surface area contributed by atoms with Crippen molar-refractivity contribution in [3.05, 3.63) is 76.9 Å². The van der Waals surface area contributed by atoms with E-state index in [0.717, 1.165) is 16.7 Å². The zero-order valence-corrected chi connectivity index (χ0v) is 14.9. The van der Waals surface area contributed by atoms with Crippen LogP contribution in [0.3, 0.4) is 0 Å². The van der Waals surface area contributed by atoms with Gasteiger partial charge in [0.1, 0.15) is 0 Å². The SMILES string of the molecule is Cc1ccc(CN(C)C(=O)COC(=O)/C=C/c2cccc(C)c2)cc1. The van der Waals surface area contributed by atoms with E-state index in [1.165, 1.54) is 11.6 Å². The predicted octanol–water partition coefficient (Wildman–Crippen LogP) is 3.52. The maximum absolute atomic E-state index is 12.1. The summed E-state index contributed by atoms with van der Waals surface area (Å²) >= 11 is 0. The minimum atomic E-state index is -0.529. The minimum Gasteiger partial charge on any atom is -0.452 e. The average Bonchev–Trinajstić information content (AvgIpc) is 2.60. The molecule has 0 N–H and O–H groups in total. The number of amides is 1. The topological polar surface area (TPSA) is 46.6 Å². The van der Waals surface area contributed by atoms with Crippen LogP contribution < -0.4 is 0 Å². The zero-order valence-electron chi connectivity index (χ0n) is 14.9. The van der Waals surface area contributed by atoms with E-state index in [1.54, 1.807) is 18.0 Å². The number of rotatable bonds is 6. The van der Waals surface area contributed by atoms with Gasteiger partial charge in [0.25, 0.3) is 5.91 Å². The molecular formula is C21H23NO3. The van der Waals surface area contributed by atoms with Crippen LogP contribution in [0.25, 0.3) is 6.08 Å². The molecule has 2 aromatic rings. The molecule has 0 aliphatic rings. The number of ether oxygens (including phenoxy) is 1. The molecule has 0 fully saturated rings. The Balaban J connectivity index is 1.80. The van der Waals surface area contributed by atoms with Gasteiger partial charge >= 0.3 is 5.97 Å². The zero-order chi connectivity index (χ0) is 18.2. The first-order valence-electron chi connectivity index (χ1n) is 8.15. The molecule has 2 aromatic carbocycles. The Labute approximate surface area is 148 Å². The van der Waals surface area contributed by atoms with E-state index in [2.05, 4.69) is 0 Å². The summed E-state index contributed by atoms with van der Waals surface area (Å²) in [5, 5.41) is 0. The molecule has 0 aliphatic carbocycles. The number of aryl methyl sites for hydroxylation is 2. The van der Waals surface area contributed by atoms with E-state index in [4.69, 9.17) is 4.74 Å². The first-order valence-corrected chi connectivity index (χ1v) is 8.15. The number of nitrogens with zero attached hydrogens (tertiary/aromatic N) is 1. The summed E-state index contributed by atoms with van der Waals surface area (Å²) in [4.78, 5) is 25.4. The Morgan fingerprint density at radius 1 is 1.04 bits per heavy atom. The van der Waals surface area contributed by atoms with Crippen LogP contribution in [0.15, 0.2) is 54.6 Å². The third-order valence-corrected chi connectivity index (χ3v) is 3.76. The van der Waals surface area contributed by atoms with Crippen molar-refractivity contribution in [2.75, 3.05) is 13.7 Å². The van der Waals surface area contributed by atoms with Crippen LogP contribution in [0.2, 0.25) is 0 Å². The molecule has 0 unspecified atom stereocenters.